The Morgan fingerprint density at radius 1 is 1.11 bits per heavy atom. The molecule has 2 heterocycles. The lowest BCUT2D eigenvalue weighted by atomic mass is 9.95. The molecule has 1 N–H and O–H groups in total. The molecule has 0 radical (unpaired) electrons. The summed E-state index contributed by atoms with van der Waals surface area (Å²) in [6.07, 6.45) is 0.676. The van der Waals surface area contributed by atoms with Gasteiger partial charge in [-0.15, -0.1) is 0 Å². The summed E-state index contributed by atoms with van der Waals surface area (Å²) in [6, 6.07) is 11.4. The second-order valence-electron chi connectivity index (χ2n) is 9.72. The summed E-state index contributed by atoms with van der Waals surface area (Å²) in [5.41, 5.74) is 0.741. The quantitative estimate of drug-likeness (QED) is 0.322. The summed E-state index contributed by atoms with van der Waals surface area (Å²) in [7, 11) is 0. The summed E-state index contributed by atoms with van der Waals surface area (Å²) in [6.45, 7) is 9.02. The highest BCUT2D eigenvalue weighted by atomic mass is 19.1. The second-order valence-corrected chi connectivity index (χ2v) is 9.72. The number of morpholine rings is 1. The van der Waals surface area contributed by atoms with Crippen molar-refractivity contribution in [1.82, 2.24) is 4.90 Å². The van der Waals surface area contributed by atoms with E-state index in [1.165, 1.54) is 34.1 Å². The van der Waals surface area contributed by atoms with Gasteiger partial charge < -0.3 is 24.4 Å². The molecule has 2 fully saturated rings. The zero-order valence-corrected chi connectivity index (χ0v) is 20.8. The molecule has 7 nitrogen and oxygen atoms in total. The van der Waals surface area contributed by atoms with Crippen molar-refractivity contribution in [2.75, 3.05) is 46.0 Å². The van der Waals surface area contributed by atoms with E-state index in [-0.39, 0.29) is 5.57 Å². The van der Waals surface area contributed by atoms with Crippen LogP contribution in [0.4, 0.5) is 4.39 Å². The number of nitrogens with zero attached hydrogens (tertiary/aromatic N) is 1. The van der Waals surface area contributed by atoms with Crippen molar-refractivity contribution in [3.8, 4) is 5.75 Å². The standard InChI is InChI=1S/C28H33FN2O5/c1-19(2)18-36-23-10-6-21(7-11-23)26(32)24-25(20-4-8-22(29)9-5-20)31(28(34)27(24)33)13-3-12-30-14-16-35-17-15-30/h4-11,19,25,32H,3,12-18H2,1-2H3. The molecule has 2 aliphatic rings. The Morgan fingerprint density at radius 3 is 2.42 bits per heavy atom. The predicted molar refractivity (Wildman–Crippen MR) is 131 cm³/mol. The van der Waals surface area contributed by atoms with E-state index in [2.05, 4.69) is 0 Å². The van der Waals surface area contributed by atoms with Crippen LogP contribution in [0.15, 0.2) is 54.1 Å². The van der Waals surface area contributed by atoms with Gasteiger partial charge in [0.2, 0.25) is 5.78 Å². The maximum atomic E-state index is 13.7. The van der Waals surface area contributed by atoms with Crippen molar-refractivity contribution in [2.45, 2.75) is 26.3 Å². The number of Topliss-reactive ketones (excluding diaryl/α,β-unsaturated/α-hetero) is 1. The average molecular weight is 497 g/mol. The maximum Gasteiger partial charge on any atom is 0.295 e. The number of rotatable bonds is 9. The van der Waals surface area contributed by atoms with Gasteiger partial charge in [0.1, 0.15) is 24.7 Å². The maximum absolute atomic E-state index is 13.7. The van der Waals surface area contributed by atoms with Gasteiger partial charge in [-0.05, 0) is 41.3 Å². The number of hydrogen-bond acceptors (Lipinski definition) is 5. The van der Waals surface area contributed by atoms with Crippen molar-refractivity contribution in [3.63, 3.8) is 0 Å². The molecule has 4 rings (SSSR count). The molecule has 2 aromatic carbocycles. The lowest BCUT2D eigenvalue weighted by Gasteiger charge is -2.29. The third kappa shape index (κ3) is 5.94. The SMILES string of the molecule is CC(C)COc1ccc(C([O-])=C2C(=O)C(=O)N(CCC[NH+]3CCOCC3)C2c2ccc(F)cc2)cc1. The predicted octanol–water partition coefficient (Wildman–Crippen LogP) is 1.39. The number of hydrogen-bond donors (Lipinski definition) is 1. The van der Waals surface area contributed by atoms with Crippen molar-refractivity contribution >= 4 is 17.4 Å². The van der Waals surface area contributed by atoms with E-state index in [1.54, 1.807) is 24.3 Å². The number of carbonyl (C=O) groups excluding carboxylic acids is 2. The molecule has 1 unspecified atom stereocenters. The molecule has 0 aliphatic carbocycles. The molecule has 192 valence electrons. The van der Waals surface area contributed by atoms with E-state index in [0.29, 0.717) is 55.6 Å². The van der Waals surface area contributed by atoms with Crippen molar-refractivity contribution in [2.24, 2.45) is 5.92 Å². The Balaban J connectivity index is 1.61. The van der Waals surface area contributed by atoms with Gasteiger partial charge in [0.05, 0.1) is 32.4 Å². The molecule has 36 heavy (non-hydrogen) atoms. The van der Waals surface area contributed by atoms with Crippen LogP contribution in [-0.2, 0) is 14.3 Å². The van der Waals surface area contributed by atoms with E-state index in [9.17, 15) is 19.1 Å². The molecule has 2 saturated heterocycles. The molecule has 2 aromatic rings. The first kappa shape index (κ1) is 25.9. The lowest BCUT2D eigenvalue weighted by molar-refractivity contribution is -0.908. The molecular formula is C28H33FN2O5. The molecule has 2 aliphatic heterocycles. The summed E-state index contributed by atoms with van der Waals surface area (Å²) in [5.74, 6) is -1.44. The summed E-state index contributed by atoms with van der Waals surface area (Å²) in [5, 5.41) is 13.5. The van der Waals surface area contributed by atoms with E-state index in [1.807, 2.05) is 13.8 Å². The summed E-state index contributed by atoms with van der Waals surface area (Å²) >= 11 is 0. The number of likely N-dealkylation sites (tertiary alicyclic amines) is 1. The zero-order valence-electron chi connectivity index (χ0n) is 20.8. The van der Waals surface area contributed by atoms with Gasteiger partial charge in [0.25, 0.3) is 5.91 Å². The Kier molecular flexibility index (Phi) is 8.38. The van der Waals surface area contributed by atoms with Crippen LogP contribution in [0, 0.1) is 11.7 Å². The minimum atomic E-state index is -0.852. The van der Waals surface area contributed by atoms with Crippen LogP contribution in [-0.4, -0.2) is 62.6 Å². The van der Waals surface area contributed by atoms with E-state index in [4.69, 9.17) is 9.47 Å². The average Bonchev–Trinajstić information content (AvgIpc) is 3.13. The number of amides is 1. The number of ketones is 1. The minimum absolute atomic E-state index is 0.0961. The Hall–Kier alpha value is -3.23. The lowest BCUT2D eigenvalue weighted by Crippen LogP contribution is -3.14. The van der Waals surface area contributed by atoms with Crippen LogP contribution in [0.5, 0.6) is 5.75 Å². The van der Waals surface area contributed by atoms with Crippen molar-refractivity contribution < 1.29 is 33.5 Å². The normalized spacial score (nSPS) is 20.3. The highest BCUT2D eigenvalue weighted by molar-refractivity contribution is 6.46. The van der Waals surface area contributed by atoms with E-state index >= 15 is 0 Å². The van der Waals surface area contributed by atoms with Gasteiger partial charge in [-0.25, -0.2) is 4.39 Å². The number of carbonyl (C=O) groups is 2. The number of quaternary nitrogens is 1. The molecule has 8 heteroatoms. The third-order valence-corrected chi connectivity index (χ3v) is 6.54. The largest absolute Gasteiger partial charge is 0.872 e. The first-order chi connectivity index (χ1) is 17.3. The van der Waals surface area contributed by atoms with Gasteiger partial charge in [0, 0.05) is 18.5 Å². The molecule has 1 amide bonds. The first-order valence-electron chi connectivity index (χ1n) is 12.5. The van der Waals surface area contributed by atoms with Gasteiger partial charge in [-0.1, -0.05) is 43.9 Å². The van der Waals surface area contributed by atoms with E-state index < -0.39 is 29.3 Å². The van der Waals surface area contributed by atoms with Crippen LogP contribution in [0.1, 0.15) is 37.4 Å². The van der Waals surface area contributed by atoms with Crippen molar-refractivity contribution in [3.05, 3.63) is 71.0 Å². The number of benzene rings is 2. The van der Waals surface area contributed by atoms with Gasteiger partial charge in [0.15, 0.2) is 0 Å². The highest BCUT2D eigenvalue weighted by Gasteiger charge is 2.44. The van der Waals surface area contributed by atoms with E-state index in [0.717, 1.165) is 19.6 Å². The molecule has 0 saturated carbocycles. The number of halogens is 1. The van der Waals surface area contributed by atoms with Crippen LogP contribution in [0.2, 0.25) is 0 Å². The third-order valence-electron chi connectivity index (χ3n) is 6.54. The van der Waals surface area contributed by atoms with Gasteiger partial charge >= 0.3 is 0 Å². The molecule has 0 bridgehead atoms. The minimum Gasteiger partial charge on any atom is -0.872 e. The van der Waals surface area contributed by atoms with Crippen LogP contribution >= 0.6 is 0 Å². The summed E-state index contributed by atoms with van der Waals surface area (Å²) in [4.78, 5) is 29.0. The summed E-state index contributed by atoms with van der Waals surface area (Å²) < 4.78 is 24.7. The Labute approximate surface area is 211 Å². The monoisotopic (exact) mass is 496 g/mol. The number of ether oxygens (including phenoxy) is 2. The molecule has 0 aromatic heterocycles. The fourth-order valence-electron chi connectivity index (χ4n) is 4.62. The molecule has 0 spiro atoms. The molecule has 1 atom stereocenters. The molecular weight excluding hydrogens is 463 g/mol. The number of nitrogens with one attached hydrogen (secondary N) is 1. The van der Waals surface area contributed by atoms with Gasteiger partial charge in [-0.2, -0.15) is 0 Å². The Morgan fingerprint density at radius 2 is 1.78 bits per heavy atom. The van der Waals surface area contributed by atoms with Crippen LogP contribution in [0.25, 0.3) is 5.76 Å². The second kappa shape index (κ2) is 11.7. The zero-order chi connectivity index (χ0) is 25.7. The smallest absolute Gasteiger partial charge is 0.295 e. The topological polar surface area (TPSA) is 83.3 Å². The highest BCUT2D eigenvalue weighted by Crippen LogP contribution is 2.38. The van der Waals surface area contributed by atoms with Crippen molar-refractivity contribution in [1.29, 1.82) is 0 Å². The van der Waals surface area contributed by atoms with Crippen LogP contribution < -0.4 is 14.7 Å². The fourth-order valence-corrected chi connectivity index (χ4v) is 4.62. The van der Waals surface area contributed by atoms with Gasteiger partial charge in [-0.3, -0.25) is 9.59 Å². The van der Waals surface area contributed by atoms with Crippen LogP contribution in [0.3, 0.4) is 0 Å². The fraction of sp³-hybridized carbons (Fsp3) is 0.429. The first-order valence-corrected chi connectivity index (χ1v) is 12.5. The Bertz CT molecular complexity index is 1090.